The average molecular weight is 387 g/mol. The van der Waals surface area contributed by atoms with E-state index in [4.69, 9.17) is 22.1 Å². The minimum atomic E-state index is -4.56. The number of ether oxygens (including phenoxy) is 1. The van der Waals surface area contributed by atoms with Crippen LogP contribution in [0.4, 0.5) is 19.0 Å². The van der Waals surface area contributed by atoms with E-state index in [2.05, 4.69) is 5.10 Å². The Hall–Kier alpha value is -2.73. The molecule has 0 spiro atoms. The Balaban J connectivity index is 2.50. The van der Waals surface area contributed by atoms with Gasteiger partial charge in [-0.1, -0.05) is 18.5 Å². The molecule has 0 aliphatic heterocycles. The Labute approximate surface area is 151 Å². The predicted octanol–water partition coefficient (Wildman–Crippen LogP) is 3.49. The lowest BCUT2D eigenvalue weighted by molar-refractivity contribution is -0.143. The summed E-state index contributed by atoms with van der Waals surface area (Å²) < 4.78 is 44.4. The molecular formula is C16H14ClF3N4O2. The summed E-state index contributed by atoms with van der Waals surface area (Å²) in [6, 6.07) is 4.49. The summed E-state index contributed by atoms with van der Waals surface area (Å²) in [4.78, 5) is 11.9. The van der Waals surface area contributed by atoms with E-state index in [-0.39, 0.29) is 40.8 Å². The molecule has 0 atom stereocenters. The monoisotopic (exact) mass is 386 g/mol. The second-order valence-electron chi connectivity index (χ2n) is 5.29. The lowest BCUT2D eigenvalue weighted by Crippen LogP contribution is -2.14. The number of esters is 1. The van der Waals surface area contributed by atoms with Crippen molar-refractivity contribution in [1.82, 2.24) is 9.78 Å². The minimum absolute atomic E-state index is 0.0607. The van der Waals surface area contributed by atoms with Crippen LogP contribution in [0, 0.1) is 11.3 Å². The number of nitrogen functional groups attached to an aromatic ring is 1. The maximum absolute atomic E-state index is 12.8. The van der Waals surface area contributed by atoms with Gasteiger partial charge in [-0.05, 0) is 24.6 Å². The lowest BCUT2D eigenvalue weighted by atomic mass is 10.1. The summed E-state index contributed by atoms with van der Waals surface area (Å²) in [5.41, 5.74) is 4.84. The van der Waals surface area contributed by atoms with Gasteiger partial charge in [0.2, 0.25) is 0 Å². The van der Waals surface area contributed by atoms with Crippen LogP contribution >= 0.6 is 11.6 Å². The Morgan fingerprint density at radius 3 is 2.69 bits per heavy atom. The zero-order valence-electron chi connectivity index (χ0n) is 13.6. The van der Waals surface area contributed by atoms with Gasteiger partial charge in [-0.15, -0.1) is 5.10 Å². The summed E-state index contributed by atoms with van der Waals surface area (Å²) in [6.07, 6.45) is -4.27. The van der Waals surface area contributed by atoms with Crippen LogP contribution in [0.25, 0.3) is 5.69 Å². The molecule has 1 heterocycles. The van der Waals surface area contributed by atoms with Crippen LogP contribution < -0.4 is 5.73 Å². The molecular weight excluding hydrogens is 373 g/mol. The van der Waals surface area contributed by atoms with Crippen molar-refractivity contribution in [1.29, 1.82) is 5.26 Å². The molecule has 0 saturated heterocycles. The highest BCUT2D eigenvalue weighted by molar-refractivity contribution is 6.32. The molecule has 6 nitrogen and oxygen atoms in total. The zero-order chi connectivity index (χ0) is 19.5. The summed E-state index contributed by atoms with van der Waals surface area (Å²) >= 11 is 5.97. The molecule has 10 heteroatoms. The van der Waals surface area contributed by atoms with Crippen molar-refractivity contribution in [3.8, 4) is 11.8 Å². The molecule has 0 aliphatic rings. The largest absolute Gasteiger partial charge is 0.465 e. The SMILES string of the molecule is CCCOC(=O)Cc1c(C#N)c(N)nn1-c1ccc(C(F)(F)F)cc1Cl. The first kappa shape index (κ1) is 19.6. The molecule has 2 rings (SSSR count). The number of nitrogens with zero attached hydrogens (tertiary/aromatic N) is 3. The van der Waals surface area contributed by atoms with Crippen LogP contribution in [0.3, 0.4) is 0 Å². The molecule has 0 aliphatic carbocycles. The number of carbonyl (C=O) groups is 1. The van der Waals surface area contributed by atoms with E-state index in [1.54, 1.807) is 0 Å². The molecule has 0 fully saturated rings. The molecule has 138 valence electrons. The Morgan fingerprint density at radius 1 is 1.46 bits per heavy atom. The second-order valence-corrected chi connectivity index (χ2v) is 5.70. The van der Waals surface area contributed by atoms with Crippen LogP contribution in [0.15, 0.2) is 18.2 Å². The van der Waals surface area contributed by atoms with Gasteiger partial charge in [-0.25, -0.2) is 4.68 Å². The van der Waals surface area contributed by atoms with Crippen molar-refractivity contribution in [2.24, 2.45) is 0 Å². The number of nitriles is 1. The van der Waals surface area contributed by atoms with Gasteiger partial charge in [0, 0.05) is 0 Å². The Kier molecular flexibility index (Phi) is 5.77. The molecule has 0 radical (unpaired) electrons. The van der Waals surface area contributed by atoms with Crippen molar-refractivity contribution >= 4 is 23.4 Å². The normalized spacial score (nSPS) is 11.2. The van der Waals surface area contributed by atoms with Gasteiger partial charge in [0.25, 0.3) is 0 Å². The molecule has 0 amide bonds. The summed E-state index contributed by atoms with van der Waals surface area (Å²) in [7, 11) is 0. The number of hydrogen-bond acceptors (Lipinski definition) is 5. The van der Waals surface area contributed by atoms with Gasteiger partial charge in [-0.2, -0.15) is 18.4 Å². The van der Waals surface area contributed by atoms with E-state index >= 15 is 0 Å². The highest BCUT2D eigenvalue weighted by atomic mass is 35.5. The fourth-order valence-corrected chi connectivity index (χ4v) is 2.48. The van der Waals surface area contributed by atoms with Crippen molar-refractivity contribution in [3.05, 3.63) is 40.0 Å². The molecule has 2 N–H and O–H groups in total. The number of aromatic nitrogens is 2. The molecule has 0 saturated carbocycles. The number of benzene rings is 1. The van der Waals surface area contributed by atoms with Gasteiger partial charge in [-0.3, -0.25) is 4.79 Å². The van der Waals surface area contributed by atoms with Gasteiger partial charge >= 0.3 is 12.1 Å². The van der Waals surface area contributed by atoms with Crippen molar-refractivity contribution in [2.45, 2.75) is 25.9 Å². The smallest absolute Gasteiger partial charge is 0.416 e. The van der Waals surface area contributed by atoms with Gasteiger partial charge < -0.3 is 10.5 Å². The highest BCUT2D eigenvalue weighted by Gasteiger charge is 2.31. The predicted molar refractivity (Wildman–Crippen MR) is 87.7 cm³/mol. The molecule has 2 aromatic rings. The van der Waals surface area contributed by atoms with Crippen LogP contribution in [0.1, 0.15) is 30.2 Å². The number of nitrogens with two attached hydrogens (primary N) is 1. The van der Waals surface area contributed by atoms with E-state index < -0.39 is 17.7 Å². The highest BCUT2D eigenvalue weighted by Crippen LogP contribution is 2.34. The quantitative estimate of drug-likeness (QED) is 0.794. The first-order valence-corrected chi connectivity index (χ1v) is 7.87. The standard InChI is InChI=1S/C16H14ClF3N4O2/c1-2-5-26-14(25)7-13-10(8-21)15(22)23-24(13)12-4-3-9(6-11(12)17)16(18,19)20/h3-4,6H,2,5,7H2,1H3,(H2,22,23). The first-order chi connectivity index (χ1) is 12.2. The van der Waals surface area contributed by atoms with E-state index in [0.29, 0.717) is 6.42 Å². The van der Waals surface area contributed by atoms with Gasteiger partial charge in [0.05, 0.1) is 35.0 Å². The summed E-state index contributed by atoms with van der Waals surface area (Å²) in [6.45, 7) is 2.02. The van der Waals surface area contributed by atoms with E-state index in [9.17, 15) is 23.2 Å². The fraction of sp³-hybridized carbons (Fsp3) is 0.312. The Bertz CT molecular complexity index is 872. The third kappa shape index (κ3) is 4.08. The molecule has 26 heavy (non-hydrogen) atoms. The van der Waals surface area contributed by atoms with E-state index in [1.165, 1.54) is 0 Å². The topological polar surface area (TPSA) is 93.9 Å². The molecule has 0 bridgehead atoms. The lowest BCUT2D eigenvalue weighted by Gasteiger charge is -2.12. The maximum atomic E-state index is 12.8. The number of carbonyl (C=O) groups excluding carboxylic acids is 1. The number of halogens is 4. The molecule has 1 aromatic heterocycles. The third-order valence-electron chi connectivity index (χ3n) is 3.40. The zero-order valence-corrected chi connectivity index (χ0v) is 14.4. The average Bonchev–Trinajstić information content (AvgIpc) is 2.87. The third-order valence-corrected chi connectivity index (χ3v) is 3.70. The molecule has 0 unspecified atom stereocenters. The van der Waals surface area contributed by atoms with Gasteiger partial charge in [0.15, 0.2) is 5.82 Å². The van der Waals surface area contributed by atoms with Crippen LogP contribution in [0.5, 0.6) is 0 Å². The number of alkyl halides is 3. The summed E-state index contributed by atoms with van der Waals surface area (Å²) in [5, 5.41) is 12.9. The van der Waals surface area contributed by atoms with Crippen molar-refractivity contribution in [2.75, 3.05) is 12.3 Å². The van der Waals surface area contributed by atoms with Crippen molar-refractivity contribution < 1.29 is 22.7 Å². The second kappa shape index (κ2) is 7.66. The number of hydrogen-bond donors (Lipinski definition) is 1. The fourth-order valence-electron chi connectivity index (χ4n) is 2.21. The maximum Gasteiger partial charge on any atom is 0.416 e. The van der Waals surface area contributed by atoms with E-state index in [0.717, 1.165) is 22.9 Å². The molecule has 1 aromatic carbocycles. The minimum Gasteiger partial charge on any atom is -0.465 e. The first-order valence-electron chi connectivity index (χ1n) is 7.49. The number of anilines is 1. The van der Waals surface area contributed by atoms with Crippen LogP contribution in [0.2, 0.25) is 5.02 Å². The Morgan fingerprint density at radius 2 is 2.15 bits per heavy atom. The van der Waals surface area contributed by atoms with Crippen LogP contribution in [-0.2, 0) is 22.1 Å². The van der Waals surface area contributed by atoms with Crippen LogP contribution in [-0.4, -0.2) is 22.4 Å². The van der Waals surface area contributed by atoms with Crippen molar-refractivity contribution in [3.63, 3.8) is 0 Å². The van der Waals surface area contributed by atoms with E-state index in [1.807, 2.05) is 13.0 Å². The number of rotatable bonds is 5. The van der Waals surface area contributed by atoms with Gasteiger partial charge in [0.1, 0.15) is 11.6 Å². The summed E-state index contributed by atoms with van der Waals surface area (Å²) in [5.74, 6) is -0.783.